The van der Waals surface area contributed by atoms with Gasteiger partial charge in [0, 0.05) is 19.8 Å². The van der Waals surface area contributed by atoms with E-state index in [-0.39, 0.29) is 6.42 Å². The zero-order valence-corrected chi connectivity index (χ0v) is 21.6. The van der Waals surface area contributed by atoms with Crippen LogP contribution in [-0.4, -0.2) is 77.3 Å². The zero-order chi connectivity index (χ0) is 32.1. The molecule has 0 aliphatic rings. The van der Waals surface area contributed by atoms with Gasteiger partial charge < -0.3 is 13.3 Å². The molecule has 0 aliphatic heterocycles. The first kappa shape index (κ1) is 37.9. The van der Waals surface area contributed by atoms with Crippen LogP contribution in [0.5, 0.6) is 0 Å². The van der Waals surface area contributed by atoms with Gasteiger partial charge in [-0.05, 0) is 11.8 Å². The lowest BCUT2D eigenvalue weighted by Gasteiger charge is -2.45. The lowest BCUT2D eigenvalue weighted by molar-refractivity contribution is -0.457. The van der Waals surface area contributed by atoms with Crippen LogP contribution in [0.4, 0.5) is 74.6 Å². The van der Waals surface area contributed by atoms with Crippen LogP contribution < -0.4 is 0 Å². The highest BCUT2D eigenvalue weighted by Crippen LogP contribution is 2.64. The maximum Gasteiger partial charge on any atom is 0.503 e. The quantitative estimate of drug-likeness (QED) is 0.160. The van der Waals surface area contributed by atoms with E-state index >= 15 is 0 Å². The Morgan fingerprint density at radius 2 is 0.872 bits per heavy atom. The van der Waals surface area contributed by atoms with Gasteiger partial charge in [-0.3, -0.25) is 0 Å². The standard InChI is InChI=1S/C18H23F17O3Si/c1-9(7-10(2,3)4)39(36-5,37-6)38-8-11(19,17(30,31)32)12(20,21)13(22,23)14(24,25)15(26,27)16(28,29)18(33,34)35/h9H,7-8H2,1-6H3. The van der Waals surface area contributed by atoms with Crippen molar-refractivity contribution in [1.82, 2.24) is 0 Å². The lowest BCUT2D eigenvalue weighted by Crippen LogP contribution is -2.76. The monoisotopic (exact) mass is 638 g/mol. The van der Waals surface area contributed by atoms with Crippen molar-refractivity contribution in [3.05, 3.63) is 0 Å². The van der Waals surface area contributed by atoms with Gasteiger partial charge in [0.15, 0.2) is 0 Å². The van der Waals surface area contributed by atoms with Gasteiger partial charge in [0.1, 0.15) is 0 Å². The molecule has 0 amide bonds. The Kier molecular flexibility index (Phi) is 10.3. The van der Waals surface area contributed by atoms with Gasteiger partial charge in [-0.25, -0.2) is 4.39 Å². The molecule has 0 saturated carbocycles. The number of halogens is 17. The largest absolute Gasteiger partial charge is 0.503 e. The molecule has 0 aliphatic carbocycles. The number of hydrogen-bond acceptors (Lipinski definition) is 3. The molecule has 2 atom stereocenters. The average molecular weight is 638 g/mol. The topological polar surface area (TPSA) is 27.7 Å². The highest BCUT2D eigenvalue weighted by molar-refractivity contribution is 6.62. The maximum absolute atomic E-state index is 14.9. The van der Waals surface area contributed by atoms with Crippen LogP contribution in [0.1, 0.15) is 34.1 Å². The number of alkyl halides is 17. The molecule has 0 saturated heterocycles. The molecule has 3 nitrogen and oxygen atoms in total. The molecule has 0 aromatic heterocycles. The molecular weight excluding hydrogens is 615 g/mol. The minimum Gasteiger partial charge on any atom is -0.377 e. The van der Waals surface area contributed by atoms with Gasteiger partial charge in [0.05, 0.1) is 6.61 Å². The predicted octanol–water partition coefficient (Wildman–Crippen LogP) is 8.07. The Morgan fingerprint density at radius 1 is 0.538 bits per heavy atom. The number of hydrogen-bond donors (Lipinski definition) is 0. The maximum atomic E-state index is 14.9. The van der Waals surface area contributed by atoms with Crippen molar-refractivity contribution in [2.24, 2.45) is 5.41 Å². The third kappa shape index (κ3) is 6.09. The van der Waals surface area contributed by atoms with E-state index < -0.39 is 74.0 Å². The van der Waals surface area contributed by atoms with Gasteiger partial charge in [0.25, 0.3) is 5.67 Å². The minimum atomic E-state index is -8.64. The first-order valence-corrected chi connectivity index (χ1v) is 12.0. The summed E-state index contributed by atoms with van der Waals surface area (Å²) < 4.78 is 243. The Morgan fingerprint density at radius 3 is 1.15 bits per heavy atom. The first-order chi connectivity index (χ1) is 16.7. The van der Waals surface area contributed by atoms with Gasteiger partial charge >= 0.3 is 50.8 Å². The van der Waals surface area contributed by atoms with Crippen LogP contribution in [0.25, 0.3) is 0 Å². The van der Waals surface area contributed by atoms with Crippen LogP contribution >= 0.6 is 0 Å². The van der Waals surface area contributed by atoms with E-state index in [0.717, 1.165) is 6.92 Å². The average Bonchev–Trinajstić information content (AvgIpc) is 2.70. The second-order valence-corrected chi connectivity index (χ2v) is 12.9. The number of rotatable bonds is 12. The zero-order valence-electron chi connectivity index (χ0n) is 20.6. The molecule has 39 heavy (non-hydrogen) atoms. The van der Waals surface area contributed by atoms with E-state index in [1.807, 2.05) is 0 Å². The lowest BCUT2D eigenvalue weighted by atomic mass is 9.85. The van der Waals surface area contributed by atoms with Crippen molar-refractivity contribution in [1.29, 1.82) is 0 Å². The molecule has 21 heteroatoms. The molecule has 0 heterocycles. The third-order valence-corrected chi connectivity index (χ3v) is 8.54. The Hall–Kier alpha value is -1.09. The van der Waals surface area contributed by atoms with E-state index in [9.17, 15) is 74.6 Å². The molecule has 0 radical (unpaired) electrons. The molecule has 0 N–H and O–H groups in total. The van der Waals surface area contributed by atoms with E-state index in [4.69, 9.17) is 8.85 Å². The van der Waals surface area contributed by atoms with Crippen molar-refractivity contribution >= 4 is 8.80 Å². The van der Waals surface area contributed by atoms with Crippen molar-refractivity contribution < 1.29 is 87.9 Å². The second-order valence-electron chi connectivity index (χ2n) is 9.63. The van der Waals surface area contributed by atoms with E-state index in [2.05, 4.69) is 4.43 Å². The van der Waals surface area contributed by atoms with Crippen LogP contribution in [0.2, 0.25) is 5.54 Å². The molecular formula is C18H23F17O3Si. The molecule has 0 aromatic rings. The summed E-state index contributed by atoms with van der Waals surface area (Å²) in [6.45, 7) is 2.21. The van der Waals surface area contributed by atoms with E-state index in [0.29, 0.717) is 14.2 Å². The van der Waals surface area contributed by atoms with Gasteiger partial charge in [0.2, 0.25) is 0 Å². The molecule has 0 bridgehead atoms. The Labute approximate surface area is 211 Å². The van der Waals surface area contributed by atoms with Crippen LogP contribution in [0.3, 0.4) is 0 Å². The van der Waals surface area contributed by atoms with Gasteiger partial charge in [-0.1, -0.05) is 27.7 Å². The summed E-state index contributed by atoms with van der Waals surface area (Å²) in [5.74, 6) is -42.1. The minimum absolute atomic E-state index is 0.157. The fourth-order valence-electron chi connectivity index (χ4n) is 3.36. The smallest absolute Gasteiger partial charge is 0.377 e. The van der Waals surface area contributed by atoms with Crippen molar-refractivity contribution in [3.8, 4) is 0 Å². The normalized spacial score (nSPS) is 18.2. The van der Waals surface area contributed by atoms with E-state index in [1.54, 1.807) is 0 Å². The fourth-order valence-corrected chi connectivity index (χ4v) is 6.11. The predicted molar refractivity (Wildman–Crippen MR) is 99.9 cm³/mol. The summed E-state index contributed by atoms with van der Waals surface area (Å²) in [4.78, 5) is 0. The Balaban J connectivity index is 6.98. The second kappa shape index (κ2) is 10.6. The van der Waals surface area contributed by atoms with Crippen molar-refractivity contribution in [2.45, 2.75) is 87.3 Å². The van der Waals surface area contributed by atoms with Crippen LogP contribution in [0, 0.1) is 5.41 Å². The summed E-state index contributed by atoms with van der Waals surface area (Å²) in [6.07, 6.45) is -15.4. The molecule has 236 valence electrons. The Bertz CT molecular complexity index is 830. The highest BCUT2D eigenvalue weighted by Gasteiger charge is 2.95. The molecule has 2 unspecified atom stereocenters. The highest BCUT2D eigenvalue weighted by atomic mass is 28.4. The molecule has 0 fully saturated rings. The molecule has 0 aromatic carbocycles. The van der Waals surface area contributed by atoms with Gasteiger partial charge in [-0.2, -0.15) is 70.2 Å². The summed E-state index contributed by atoms with van der Waals surface area (Å²) in [5.41, 5.74) is -9.12. The third-order valence-electron chi connectivity index (χ3n) is 5.44. The summed E-state index contributed by atoms with van der Waals surface area (Å²) >= 11 is 0. The molecule has 0 spiro atoms. The summed E-state index contributed by atoms with van der Waals surface area (Å²) in [5, 5.41) is 0. The summed E-state index contributed by atoms with van der Waals surface area (Å²) in [6, 6.07) is 0. The summed E-state index contributed by atoms with van der Waals surface area (Å²) in [7, 11) is -3.59. The van der Waals surface area contributed by atoms with Crippen LogP contribution in [0.15, 0.2) is 0 Å². The van der Waals surface area contributed by atoms with Crippen LogP contribution in [-0.2, 0) is 13.3 Å². The fraction of sp³-hybridized carbons (Fsp3) is 1.00. The van der Waals surface area contributed by atoms with Crippen molar-refractivity contribution in [2.75, 3.05) is 20.8 Å². The molecule has 0 rings (SSSR count). The first-order valence-electron chi connectivity index (χ1n) is 10.2. The van der Waals surface area contributed by atoms with Crippen molar-refractivity contribution in [3.63, 3.8) is 0 Å². The SMILES string of the molecule is CO[Si](OC)(OCC(F)(C(F)(F)F)C(F)(F)C(F)(F)C(F)(F)C(F)(F)C(F)(F)C(F)(F)F)C(C)CC(C)(C)C. The van der Waals surface area contributed by atoms with E-state index in [1.165, 1.54) is 20.8 Å². The van der Waals surface area contributed by atoms with Gasteiger partial charge in [-0.15, -0.1) is 0 Å².